The summed E-state index contributed by atoms with van der Waals surface area (Å²) in [7, 11) is 0. The molecule has 3 rings (SSSR count). The van der Waals surface area contributed by atoms with Gasteiger partial charge < -0.3 is 10.6 Å². The number of thiophene rings is 1. The molecule has 1 atom stereocenters. The van der Waals surface area contributed by atoms with Gasteiger partial charge in [0.15, 0.2) is 0 Å². The molecule has 3 aromatic rings. The third-order valence-electron chi connectivity index (χ3n) is 4.08. The zero-order chi connectivity index (χ0) is 19.9. The molecule has 2 N–H and O–H groups in total. The Morgan fingerprint density at radius 2 is 1.75 bits per heavy atom. The number of carbonyl (C=O) groups excluding carboxylic acids is 2. The summed E-state index contributed by atoms with van der Waals surface area (Å²) in [5, 5.41) is 8.45. The van der Waals surface area contributed by atoms with Crippen molar-refractivity contribution in [3.63, 3.8) is 0 Å². The quantitative estimate of drug-likeness (QED) is 0.492. The fourth-order valence-corrected chi connectivity index (χ4v) is 3.85. The van der Waals surface area contributed by atoms with Crippen LogP contribution in [0.4, 0.5) is 0 Å². The molecule has 0 saturated carbocycles. The molecule has 0 bridgehead atoms. The van der Waals surface area contributed by atoms with Crippen LogP contribution >= 0.6 is 38.9 Å². The fourth-order valence-electron chi connectivity index (χ4n) is 2.66. The molecule has 144 valence electrons. The first-order chi connectivity index (χ1) is 13.5. The average molecular weight is 478 g/mol. The van der Waals surface area contributed by atoms with Crippen LogP contribution in [-0.2, 0) is 4.79 Å². The first-order valence-electron chi connectivity index (χ1n) is 8.65. The lowest BCUT2D eigenvalue weighted by molar-refractivity contribution is -0.121. The highest BCUT2D eigenvalue weighted by Crippen LogP contribution is 2.27. The second-order valence-corrected chi connectivity index (χ2v) is 8.41. The molecule has 0 radical (unpaired) electrons. The maximum absolute atomic E-state index is 12.5. The lowest BCUT2D eigenvalue weighted by atomic mass is 10.1. The van der Waals surface area contributed by atoms with Crippen LogP contribution < -0.4 is 10.6 Å². The number of halogens is 2. The summed E-state index contributed by atoms with van der Waals surface area (Å²) in [6, 6.07) is 18.2. The molecule has 2 amide bonds. The van der Waals surface area contributed by atoms with Crippen molar-refractivity contribution in [3.05, 3.63) is 91.5 Å². The van der Waals surface area contributed by atoms with Gasteiger partial charge in [-0.1, -0.05) is 45.7 Å². The largest absolute Gasteiger partial charge is 0.352 e. The minimum Gasteiger partial charge on any atom is -0.352 e. The number of amides is 2. The van der Waals surface area contributed by atoms with E-state index < -0.39 is 0 Å². The number of nitrogens with one attached hydrogen (secondary N) is 2. The van der Waals surface area contributed by atoms with Gasteiger partial charge in [-0.15, -0.1) is 11.3 Å². The molecular formula is C21H18BrClN2O2S. The van der Waals surface area contributed by atoms with Crippen molar-refractivity contribution in [2.45, 2.75) is 12.5 Å². The average Bonchev–Trinajstić information content (AvgIpc) is 3.22. The van der Waals surface area contributed by atoms with Gasteiger partial charge in [0.05, 0.1) is 6.04 Å². The van der Waals surface area contributed by atoms with E-state index in [2.05, 4.69) is 26.6 Å². The summed E-state index contributed by atoms with van der Waals surface area (Å²) in [4.78, 5) is 25.6. The monoisotopic (exact) mass is 476 g/mol. The molecule has 0 aliphatic carbocycles. The maximum Gasteiger partial charge on any atom is 0.251 e. The number of rotatable bonds is 7. The summed E-state index contributed by atoms with van der Waals surface area (Å²) in [6.45, 7) is 0.262. The summed E-state index contributed by atoms with van der Waals surface area (Å²) >= 11 is 10.9. The Morgan fingerprint density at radius 1 is 1.04 bits per heavy atom. The summed E-state index contributed by atoms with van der Waals surface area (Å²) < 4.78 is 0.908. The highest BCUT2D eigenvalue weighted by molar-refractivity contribution is 9.10. The predicted octanol–water partition coefficient (Wildman–Crippen LogP) is 5.19. The third-order valence-corrected chi connectivity index (χ3v) is 5.80. The molecule has 0 saturated heterocycles. The topological polar surface area (TPSA) is 58.2 Å². The van der Waals surface area contributed by atoms with E-state index in [0.717, 1.165) is 14.9 Å². The molecule has 0 spiro atoms. The van der Waals surface area contributed by atoms with E-state index in [1.807, 2.05) is 41.8 Å². The lowest BCUT2D eigenvalue weighted by Gasteiger charge is -2.18. The maximum atomic E-state index is 12.5. The second kappa shape index (κ2) is 9.87. The zero-order valence-electron chi connectivity index (χ0n) is 14.8. The van der Waals surface area contributed by atoms with Crippen LogP contribution in [0.15, 0.2) is 70.5 Å². The minimum atomic E-state index is -0.244. The van der Waals surface area contributed by atoms with Gasteiger partial charge in [-0.05, 0) is 53.4 Å². The molecule has 7 heteroatoms. The van der Waals surface area contributed by atoms with Crippen LogP contribution in [-0.4, -0.2) is 18.4 Å². The third kappa shape index (κ3) is 5.67. The lowest BCUT2D eigenvalue weighted by Crippen LogP contribution is -2.33. The molecule has 1 heterocycles. The zero-order valence-corrected chi connectivity index (χ0v) is 18.0. The van der Waals surface area contributed by atoms with Crippen molar-refractivity contribution >= 4 is 50.7 Å². The van der Waals surface area contributed by atoms with Gasteiger partial charge in [0.2, 0.25) is 5.91 Å². The fraction of sp³-hybridized carbons (Fsp3) is 0.143. The van der Waals surface area contributed by atoms with Gasteiger partial charge in [-0.3, -0.25) is 9.59 Å². The molecule has 0 aliphatic heterocycles. The van der Waals surface area contributed by atoms with Crippen LogP contribution in [0.25, 0.3) is 0 Å². The van der Waals surface area contributed by atoms with E-state index in [4.69, 9.17) is 11.6 Å². The summed E-state index contributed by atoms with van der Waals surface area (Å²) in [6.07, 6.45) is 0.192. The Balaban J connectivity index is 1.57. The van der Waals surface area contributed by atoms with Crippen molar-refractivity contribution in [3.8, 4) is 0 Å². The van der Waals surface area contributed by atoms with E-state index >= 15 is 0 Å². The Labute approximate surface area is 181 Å². The van der Waals surface area contributed by atoms with Crippen LogP contribution in [0.2, 0.25) is 5.02 Å². The van der Waals surface area contributed by atoms with Crippen molar-refractivity contribution in [2.24, 2.45) is 0 Å². The van der Waals surface area contributed by atoms with Crippen LogP contribution in [0.1, 0.15) is 33.3 Å². The van der Waals surface area contributed by atoms with E-state index in [0.29, 0.717) is 10.6 Å². The number of benzene rings is 2. The predicted molar refractivity (Wildman–Crippen MR) is 117 cm³/mol. The van der Waals surface area contributed by atoms with Crippen molar-refractivity contribution in [1.82, 2.24) is 10.6 Å². The highest BCUT2D eigenvalue weighted by atomic mass is 79.9. The SMILES string of the molecule is O=C(CCNC(=O)c1ccc(Br)cc1)NC(c1ccc(Cl)cc1)c1cccs1. The first kappa shape index (κ1) is 20.6. The Kier molecular flexibility index (Phi) is 7.25. The molecule has 1 aromatic heterocycles. The van der Waals surface area contributed by atoms with Crippen molar-refractivity contribution < 1.29 is 9.59 Å². The molecular weight excluding hydrogens is 460 g/mol. The van der Waals surface area contributed by atoms with Gasteiger partial charge in [-0.2, -0.15) is 0 Å². The van der Waals surface area contributed by atoms with Gasteiger partial charge in [0.25, 0.3) is 5.91 Å². The second-order valence-electron chi connectivity index (χ2n) is 6.08. The molecule has 2 aromatic carbocycles. The summed E-state index contributed by atoms with van der Waals surface area (Å²) in [5.41, 5.74) is 1.51. The molecule has 1 unspecified atom stereocenters. The van der Waals surface area contributed by atoms with Gasteiger partial charge in [-0.25, -0.2) is 0 Å². The molecule has 4 nitrogen and oxygen atoms in total. The number of hydrogen-bond donors (Lipinski definition) is 2. The molecule has 0 aliphatic rings. The summed E-state index contributed by atoms with van der Waals surface area (Å²) in [5.74, 6) is -0.336. The van der Waals surface area contributed by atoms with E-state index in [1.54, 1.807) is 35.6 Å². The normalized spacial score (nSPS) is 11.6. The van der Waals surface area contributed by atoms with E-state index in [1.165, 1.54) is 0 Å². The van der Waals surface area contributed by atoms with Crippen LogP contribution in [0.3, 0.4) is 0 Å². The Bertz CT molecular complexity index is 928. The van der Waals surface area contributed by atoms with E-state index in [-0.39, 0.29) is 30.8 Å². The Morgan fingerprint density at radius 3 is 2.39 bits per heavy atom. The smallest absolute Gasteiger partial charge is 0.251 e. The number of hydrogen-bond acceptors (Lipinski definition) is 3. The van der Waals surface area contributed by atoms with E-state index in [9.17, 15) is 9.59 Å². The minimum absolute atomic E-state index is 0.135. The van der Waals surface area contributed by atoms with Crippen LogP contribution in [0.5, 0.6) is 0 Å². The molecule has 0 fully saturated rings. The highest BCUT2D eigenvalue weighted by Gasteiger charge is 2.18. The first-order valence-corrected chi connectivity index (χ1v) is 10.7. The Hall–Kier alpha value is -2.15. The number of carbonyl (C=O) groups is 2. The van der Waals surface area contributed by atoms with Crippen molar-refractivity contribution in [2.75, 3.05) is 6.54 Å². The van der Waals surface area contributed by atoms with Crippen LogP contribution in [0, 0.1) is 0 Å². The van der Waals surface area contributed by atoms with Crippen molar-refractivity contribution in [1.29, 1.82) is 0 Å². The molecule has 28 heavy (non-hydrogen) atoms. The van der Waals surface area contributed by atoms with Gasteiger partial charge >= 0.3 is 0 Å². The standard InChI is InChI=1S/C21H18BrClN2O2S/c22-16-7-3-15(4-8-16)21(27)24-12-11-19(26)25-20(18-2-1-13-28-18)14-5-9-17(23)10-6-14/h1-10,13,20H,11-12H2,(H,24,27)(H,25,26). The van der Waals surface area contributed by atoms with Gasteiger partial charge in [0.1, 0.15) is 0 Å². The van der Waals surface area contributed by atoms with Gasteiger partial charge in [0, 0.05) is 32.9 Å².